The maximum absolute atomic E-state index is 11.0. The molecule has 1 aromatic rings. The number of carbonyl (C=O) groups is 1. The summed E-state index contributed by atoms with van der Waals surface area (Å²) in [6, 6.07) is 1.52. The summed E-state index contributed by atoms with van der Waals surface area (Å²) in [6.45, 7) is 4.44. The summed E-state index contributed by atoms with van der Waals surface area (Å²) in [6.07, 6.45) is 6.80. The molecule has 0 unspecified atom stereocenters. The second kappa shape index (κ2) is 5.90. The number of anilines is 1. The van der Waals surface area contributed by atoms with Crippen molar-refractivity contribution in [3.63, 3.8) is 0 Å². The van der Waals surface area contributed by atoms with Gasteiger partial charge >= 0.3 is 5.97 Å². The van der Waals surface area contributed by atoms with E-state index < -0.39 is 5.97 Å². The van der Waals surface area contributed by atoms with Gasteiger partial charge in [-0.3, -0.25) is 4.98 Å². The van der Waals surface area contributed by atoms with Crippen LogP contribution in [-0.4, -0.2) is 29.7 Å². The molecule has 16 heavy (non-hydrogen) atoms. The first kappa shape index (κ1) is 12.2. The van der Waals surface area contributed by atoms with Crippen LogP contribution in [0.25, 0.3) is 0 Å². The molecule has 0 saturated heterocycles. The second-order valence-electron chi connectivity index (χ2n) is 3.55. The molecule has 0 aliphatic rings. The number of carboxylic acids is 1. The molecule has 0 spiro atoms. The number of allylic oxidation sites excluding steroid dienone is 1. The Labute approximate surface area is 95.2 Å². The Hall–Kier alpha value is -1.84. The second-order valence-corrected chi connectivity index (χ2v) is 3.55. The molecule has 4 nitrogen and oxygen atoms in total. The van der Waals surface area contributed by atoms with Gasteiger partial charge < -0.3 is 10.0 Å². The van der Waals surface area contributed by atoms with Crippen LogP contribution >= 0.6 is 0 Å². The van der Waals surface area contributed by atoms with Crippen LogP contribution in [0, 0.1) is 0 Å². The molecule has 0 fully saturated rings. The Kier molecular flexibility index (Phi) is 4.51. The zero-order valence-corrected chi connectivity index (χ0v) is 9.39. The van der Waals surface area contributed by atoms with E-state index in [2.05, 4.69) is 11.6 Å². The van der Waals surface area contributed by atoms with Crippen LogP contribution in [0.3, 0.4) is 0 Å². The molecule has 0 amide bonds. The summed E-state index contributed by atoms with van der Waals surface area (Å²) in [5.74, 6) is -0.923. The highest BCUT2D eigenvalue weighted by molar-refractivity contribution is 5.94. The summed E-state index contributed by atoms with van der Waals surface area (Å²) >= 11 is 0. The zero-order chi connectivity index (χ0) is 12.0. The average Bonchev–Trinajstić information content (AvgIpc) is 2.29. The Morgan fingerprint density at radius 3 is 3.06 bits per heavy atom. The van der Waals surface area contributed by atoms with Crippen molar-refractivity contribution in [1.82, 2.24) is 4.98 Å². The van der Waals surface area contributed by atoms with Crippen molar-refractivity contribution >= 4 is 11.7 Å². The fourth-order valence-electron chi connectivity index (χ4n) is 1.46. The molecular formula is C12H16N2O2. The average molecular weight is 220 g/mol. The van der Waals surface area contributed by atoms with Gasteiger partial charge in [0.15, 0.2) is 0 Å². The first-order chi connectivity index (χ1) is 7.66. The highest BCUT2D eigenvalue weighted by Crippen LogP contribution is 2.17. The minimum absolute atomic E-state index is 0.288. The Morgan fingerprint density at radius 2 is 2.44 bits per heavy atom. The van der Waals surface area contributed by atoms with E-state index >= 15 is 0 Å². The minimum Gasteiger partial charge on any atom is -0.478 e. The van der Waals surface area contributed by atoms with Crippen LogP contribution in [-0.2, 0) is 0 Å². The molecule has 1 aromatic heterocycles. The van der Waals surface area contributed by atoms with Crippen molar-refractivity contribution in [2.45, 2.75) is 12.8 Å². The van der Waals surface area contributed by atoms with E-state index in [-0.39, 0.29) is 5.56 Å². The summed E-state index contributed by atoms with van der Waals surface area (Å²) in [7, 11) is 1.87. The molecule has 1 N–H and O–H groups in total. The predicted molar refractivity (Wildman–Crippen MR) is 63.9 cm³/mol. The van der Waals surface area contributed by atoms with E-state index in [4.69, 9.17) is 5.11 Å². The molecule has 0 aliphatic heterocycles. The lowest BCUT2D eigenvalue weighted by Crippen LogP contribution is -2.21. The third-order valence-corrected chi connectivity index (χ3v) is 2.34. The number of pyridine rings is 1. The zero-order valence-electron chi connectivity index (χ0n) is 9.39. The quantitative estimate of drug-likeness (QED) is 0.589. The molecule has 1 heterocycles. The number of aromatic carboxylic acids is 1. The fourth-order valence-corrected chi connectivity index (χ4v) is 1.46. The van der Waals surface area contributed by atoms with E-state index in [1.165, 1.54) is 12.3 Å². The van der Waals surface area contributed by atoms with Crippen LogP contribution in [0.5, 0.6) is 0 Å². The van der Waals surface area contributed by atoms with Gasteiger partial charge in [-0.25, -0.2) is 4.79 Å². The van der Waals surface area contributed by atoms with Gasteiger partial charge in [0.25, 0.3) is 0 Å². The number of rotatable bonds is 6. The molecule has 1 rings (SSSR count). The summed E-state index contributed by atoms with van der Waals surface area (Å²) in [4.78, 5) is 16.8. The van der Waals surface area contributed by atoms with Gasteiger partial charge in [-0.1, -0.05) is 6.08 Å². The molecule has 0 bridgehead atoms. The fraction of sp³-hybridized carbons (Fsp3) is 0.333. The lowest BCUT2D eigenvalue weighted by molar-refractivity contribution is 0.0697. The highest BCUT2D eigenvalue weighted by Gasteiger charge is 2.12. The van der Waals surface area contributed by atoms with E-state index in [0.717, 1.165) is 19.4 Å². The molecular weight excluding hydrogens is 204 g/mol. The Bertz CT molecular complexity index is 377. The van der Waals surface area contributed by atoms with Gasteiger partial charge in [-0.05, 0) is 18.9 Å². The van der Waals surface area contributed by atoms with E-state index in [1.807, 2.05) is 18.0 Å². The van der Waals surface area contributed by atoms with Gasteiger partial charge in [-0.2, -0.15) is 0 Å². The van der Waals surface area contributed by atoms with Crippen LogP contribution < -0.4 is 4.90 Å². The monoisotopic (exact) mass is 220 g/mol. The number of aromatic nitrogens is 1. The normalized spacial score (nSPS) is 9.81. The Morgan fingerprint density at radius 1 is 1.69 bits per heavy atom. The van der Waals surface area contributed by atoms with Crippen molar-refractivity contribution in [2.75, 3.05) is 18.5 Å². The third-order valence-electron chi connectivity index (χ3n) is 2.34. The number of hydrogen-bond acceptors (Lipinski definition) is 3. The van der Waals surface area contributed by atoms with E-state index in [0.29, 0.717) is 5.69 Å². The highest BCUT2D eigenvalue weighted by atomic mass is 16.4. The van der Waals surface area contributed by atoms with Gasteiger partial charge in [-0.15, -0.1) is 6.58 Å². The van der Waals surface area contributed by atoms with E-state index in [9.17, 15) is 4.79 Å². The smallest absolute Gasteiger partial charge is 0.337 e. The largest absolute Gasteiger partial charge is 0.478 e. The third kappa shape index (κ3) is 3.08. The molecule has 4 heteroatoms. The van der Waals surface area contributed by atoms with Crippen LogP contribution in [0.4, 0.5) is 5.69 Å². The molecule has 0 aromatic carbocycles. The van der Waals surface area contributed by atoms with E-state index in [1.54, 1.807) is 6.20 Å². The van der Waals surface area contributed by atoms with Gasteiger partial charge in [0.05, 0.1) is 17.4 Å². The standard InChI is InChI=1S/C12H16N2O2/c1-3-4-5-8-14(2)11-9-13-7-6-10(11)12(15)16/h3,6-7,9H,1,4-5,8H2,2H3,(H,15,16). The van der Waals surface area contributed by atoms with Gasteiger partial charge in [0.1, 0.15) is 0 Å². The van der Waals surface area contributed by atoms with Crippen LogP contribution in [0.2, 0.25) is 0 Å². The van der Waals surface area contributed by atoms with Crippen molar-refractivity contribution in [3.8, 4) is 0 Å². The first-order valence-electron chi connectivity index (χ1n) is 5.16. The van der Waals surface area contributed by atoms with Gasteiger partial charge in [0.2, 0.25) is 0 Å². The molecule has 0 radical (unpaired) electrons. The number of unbranched alkanes of at least 4 members (excludes halogenated alkanes) is 1. The van der Waals surface area contributed by atoms with Crippen molar-refractivity contribution < 1.29 is 9.90 Å². The minimum atomic E-state index is -0.923. The number of carboxylic acid groups (broad SMARTS) is 1. The maximum atomic E-state index is 11.0. The van der Waals surface area contributed by atoms with Crippen molar-refractivity contribution in [3.05, 3.63) is 36.7 Å². The maximum Gasteiger partial charge on any atom is 0.337 e. The summed E-state index contributed by atoms with van der Waals surface area (Å²) < 4.78 is 0. The van der Waals surface area contributed by atoms with Gasteiger partial charge in [0, 0.05) is 19.8 Å². The van der Waals surface area contributed by atoms with Crippen LogP contribution in [0.15, 0.2) is 31.1 Å². The lowest BCUT2D eigenvalue weighted by Gasteiger charge is -2.20. The molecule has 0 aliphatic carbocycles. The van der Waals surface area contributed by atoms with Crippen LogP contribution in [0.1, 0.15) is 23.2 Å². The predicted octanol–water partition coefficient (Wildman–Crippen LogP) is 2.18. The van der Waals surface area contributed by atoms with Crippen molar-refractivity contribution in [2.24, 2.45) is 0 Å². The summed E-state index contributed by atoms with van der Waals surface area (Å²) in [5.41, 5.74) is 0.940. The Balaban J connectivity index is 2.77. The molecule has 0 saturated carbocycles. The molecule has 86 valence electrons. The van der Waals surface area contributed by atoms with Crippen molar-refractivity contribution in [1.29, 1.82) is 0 Å². The molecule has 0 atom stereocenters. The first-order valence-corrected chi connectivity index (χ1v) is 5.16. The lowest BCUT2D eigenvalue weighted by atomic mass is 10.2. The number of nitrogens with zero attached hydrogens (tertiary/aromatic N) is 2. The summed E-state index contributed by atoms with van der Waals surface area (Å²) in [5, 5.41) is 9.02. The topological polar surface area (TPSA) is 53.4 Å². The number of hydrogen-bond donors (Lipinski definition) is 1. The SMILES string of the molecule is C=CCCCN(C)c1cnccc1C(=O)O.